The zero-order valence-corrected chi connectivity index (χ0v) is 16.1. The number of phenols is 1. The number of hydrogen-bond donors (Lipinski definition) is 2. The van der Waals surface area contributed by atoms with E-state index < -0.39 is 0 Å². The average molecular weight is 362 g/mol. The summed E-state index contributed by atoms with van der Waals surface area (Å²) in [6.07, 6.45) is 9.67. The number of nitrogens with one attached hydrogen (secondary N) is 1. The number of rotatable bonds is 7. The zero-order chi connectivity index (χ0) is 18.0. The molecule has 1 aliphatic heterocycles. The third-order valence-corrected chi connectivity index (χ3v) is 5.60. The molecular formula is C21H28ClNO2. The molecule has 1 aromatic carbocycles. The van der Waals surface area contributed by atoms with Gasteiger partial charge in [0.05, 0.1) is 5.88 Å². The Kier molecular flexibility index (Phi) is 5.45. The van der Waals surface area contributed by atoms with E-state index in [0.29, 0.717) is 11.8 Å². The normalized spacial score (nSPS) is 27.8. The summed E-state index contributed by atoms with van der Waals surface area (Å²) in [6.45, 7) is 7.30. The molecule has 0 amide bonds. The Bertz CT molecular complexity index is 697. The SMILES string of the molecule is C/C=C\C(=C/CC)CCNC1c2cc(CCl)c(O)cc2OC2(C)CC12. The predicted molar refractivity (Wildman–Crippen MR) is 103 cm³/mol. The summed E-state index contributed by atoms with van der Waals surface area (Å²) in [5.74, 6) is 1.79. The minimum atomic E-state index is -0.106. The number of phenolic OH excluding ortho intramolecular Hbond substituents is 1. The largest absolute Gasteiger partial charge is 0.507 e. The van der Waals surface area contributed by atoms with Crippen LogP contribution in [0.15, 0.2) is 35.9 Å². The van der Waals surface area contributed by atoms with Gasteiger partial charge in [0.2, 0.25) is 0 Å². The predicted octanol–water partition coefficient (Wildman–Crippen LogP) is 5.24. The van der Waals surface area contributed by atoms with E-state index in [4.69, 9.17) is 16.3 Å². The first-order chi connectivity index (χ1) is 12.0. The van der Waals surface area contributed by atoms with E-state index >= 15 is 0 Å². The van der Waals surface area contributed by atoms with Crippen molar-refractivity contribution in [2.24, 2.45) is 5.92 Å². The van der Waals surface area contributed by atoms with E-state index in [2.05, 4.69) is 44.3 Å². The Morgan fingerprint density at radius 1 is 1.48 bits per heavy atom. The molecule has 0 saturated heterocycles. The van der Waals surface area contributed by atoms with Gasteiger partial charge in [-0.05, 0) is 45.7 Å². The van der Waals surface area contributed by atoms with Crippen LogP contribution in [0.25, 0.3) is 0 Å². The molecule has 0 radical (unpaired) electrons. The second-order valence-corrected chi connectivity index (χ2v) is 7.51. The number of aromatic hydroxyl groups is 1. The van der Waals surface area contributed by atoms with Crippen LogP contribution in [-0.4, -0.2) is 17.3 Å². The van der Waals surface area contributed by atoms with E-state index in [9.17, 15) is 5.11 Å². The Morgan fingerprint density at radius 3 is 2.96 bits per heavy atom. The van der Waals surface area contributed by atoms with Gasteiger partial charge in [-0.25, -0.2) is 0 Å². The maximum Gasteiger partial charge on any atom is 0.128 e. The van der Waals surface area contributed by atoms with Crippen LogP contribution >= 0.6 is 11.6 Å². The molecule has 1 heterocycles. The molecule has 1 saturated carbocycles. The fourth-order valence-electron chi connectivity index (χ4n) is 3.86. The van der Waals surface area contributed by atoms with Crippen LogP contribution in [0.5, 0.6) is 11.5 Å². The molecule has 0 bridgehead atoms. The molecule has 4 heteroatoms. The van der Waals surface area contributed by atoms with Gasteiger partial charge in [0, 0.05) is 29.2 Å². The van der Waals surface area contributed by atoms with Gasteiger partial charge in [0.25, 0.3) is 0 Å². The fraction of sp³-hybridized carbons (Fsp3) is 0.524. The molecule has 0 spiro atoms. The highest BCUT2D eigenvalue weighted by Crippen LogP contribution is 2.59. The molecule has 1 fully saturated rings. The van der Waals surface area contributed by atoms with Crippen molar-refractivity contribution in [3.05, 3.63) is 47.1 Å². The van der Waals surface area contributed by atoms with Crippen LogP contribution in [0.2, 0.25) is 0 Å². The number of ether oxygens (including phenoxy) is 1. The Hall–Kier alpha value is -1.45. The van der Waals surface area contributed by atoms with E-state index in [0.717, 1.165) is 42.7 Å². The number of allylic oxidation sites excluding steroid dienone is 3. The van der Waals surface area contributed by atoms with Crippen molar-refractivity contribution in [2.75, 3.05) is 6.54 Å². The summed E-state index contributed by atoms with van der Waals surface area (Å²) in [5, 5.41) is 13.8. The van der Waals surface area contributed by atoms with Crippen LogP contribution in [0, 0.1) is 5.92 Å². The van der Waals surface area contributed by atoms with Crippen molar-refractivity contribution in [3.8, 4) is 11.5 Å². The van der Waals surface area contributed by atoms with Crippen LogP contribution in [-0.2, 0) is 5.88 Å². The molecule has 25 heavy (non-hydrogen) atoms. The Morgan fingerprint density at radius 2 is 2.28 bits per heavy atom. The van der Waals surface area contributed by atoms with Crippen LogP contribution in [0.3, 0.4) is 0 Å². The van der Waals surface area contributed by atoms with E-state index in [1.807, 2.05) is 6.07 Å². The molecule has 3 nitrogen and oxygen atoms in total. The zero-order valence-electron chi connectivity index (χ0n) is 15.3. The summed E-state index contributed by atoms with van der Waals surface area (Å²) in [6, 6.07) is 3.98. The molecule has 1 aromatic rings. The summed E-state index contributed by atoms with van der Waals surface area (Å²) < 4.78 is 6.14. The number of benzene rings is 1. The summed E-state index contributed by atoms with van der Waals surface area (Å²) in [7, 11) is 0. The standard InChI is InChI=1S/C21H28ClNO2/c1-4-6-14(7-5-2)8-9-23-20-16-10-15(13-22)18(24)11-19(16)25-21(3)12-17(20)21/h4,6-7,10-11,17,20,23-24H,5,8-9,12-13H2,1-3H3/b6-4-,14-7+. The topological polar surface area (TPSA) is 41.5 Å². The van der Waals surface area contributed by atoms with E-state index in [1.165, 1.54) is 5.57 Å². The third-order valence-electron chi connectivity index (χ3n) is 5.31. The molecule has 1 aliphatic carbocycles. The lowest BCUT2D eigenvalue weighted by atomic mass is 9.94. The molecule has 2 aliphatic rings. The minimum absolute atomic E-state index is 0.106. The molecule has 0 aromatic heterocycles. The van der Waals surface area contributed by atoms with Gasteiger partial charge < -0.3 is 15.2 Å². The first-order valence-electron chi connectivity index (χ1n) is 9.18. The van der Waals surface area contributed by atoms with Crippen molar-refractivity contribution < 1.29 is 9.84 Å². The Labute approximate surface area is 155 Å². The number of alkyl halides is 1. The number of fused-ring (bicyclic) bond motifs is 2. The van der Waals surface area contributed by atoms with Crippen molar-refractivity contribution in [1.29, 1.82) is 0 Å². The minimum Gasteiger partial charge on any atom is -0.507 e. The van der Waals surface area contributed by atoms with Gasteiger partial charge in [-0.3, -0.25) is 0 Å². The van der Waals surface area contributed by atoms with Crippen LogP contribution < -0.4 is 10.1 Å². The third kappa shape index (κ3) is 3.73. The highest BCUT2D eigenvalue weighted by atomic mass is 35.5. The van der Waals surface area contributed by atoms with E-state index in [-0.39, 0.29) is 17.4 Å². The van der Waals surface area contributed by atoms with Crippen LogP contribution in [0.4, 0.5) is 0 Å². The first kappa shape index (κ1) is 18.3. The van der Waals surface area contributed by atoms with Crippen molar-refractivity contribution in [2.45, 2.75) is 57.6 Å². The smallest absolute Gasteiger partial charge is 0.128 e. The van der Waals surface area contributed by atoms with Gasteiger partial charge in [-0.2, -0.15) is 0 Å². The van der Waals surface area contributed by atoms with E-state index in [1.54, 1.807) is 6.07 Å². The first-order valence-corrected chi connectivity index (χ1v) is 9.71. The summed E-state index contributed by atoms with van der Waals surface area (Å²) in [5.41, 5.74) is 3.15. The highest BCUT2D eigenvalue weighted by molar-refractivity contribution is 6.17. The molecular weight excluding hydrogens is 334 g/mol. The van der Waals surface area contributed by atoms with Crippen molar-refractivity contribution in [1.82, 2.24) is 5.32 Å². The lowest BCUT2D eigenvalue weighted by Gasteiger charge is -2.31. The maximum absolute atomic E-state index is 10.1. The maximum atomic E-state index is 10.1. The second-order valence-electron chi connectivity index (χ2n) is 7.25. The summed E-state index contributed by atoms with van der Waals surface area (Å²) in [4.78, 5) is 0. The molecule has 2 N–H and O–H groups in total. The molecule has 3 rings (SSSR count). The molecule has 136 valence electrons. The highest BCUT2D eigenvalue weighted by Gasteiger charge is 2.60. The monoisotopic (exact) mass is 361 g/mol. The van der Waals surface area contributed by atoms with Gasteiger partial charge >= 0.3 is 0 Å². The quantitative estimate of drug-likeness (QED) is 0.515. The second kappa shape index (κ2) is 7.43. The van der Waals surface area contributed by atoms with Gasteiger partial charge in [-0.15, -0.1) is 11.6 Å². The molecule has 3 unspecified atom stereocenters. The molecule has 3 atom stereocenters. The van der Waals surface area contributed by atoms with Crippen molar-refractivity contribution >= 4 is 11.6 Å². The average Bonchev–Trinajstić information content (AvgIpc) is 3.25. The van der Waals surface area contributed by atoms with Gasteiger partial charge in [0.15, 0.2) is 0 Å². The lowest BCUT2D eigenvalue weighted by Crippen LogP contribution is -2.34. The van der Waals surface area contributed by atoms with Gasteiger partial charge in [0.1, 0.15) is 17.1 Å². The fourth-order valence-corrected chi connectivity index (χ4v) is 4.07. The van der Waals surface area contributed by atoms with Crippen LogP contribution in [0.1, 0.15) is 57.2 Å². The Balaban J connectivity index is 1.77. The summed E-state index contributed by atoms with van der Waals surface area (Å²) >= 11 is 5.98. The lowest BCUT2D eigenvalue weighted by molar-refractivity contribution is 0.145. The number of halogens is 1. The van der Waals surface area contributed by atoms with Gasteiger partial charge in [-0.1, -0.05) is 30.7 Å². The van der Waals surface area contributed by atoms with Crippen molar-refractivity contribution in [3.63, 3.8) is 0 Å². The number of hydrogen-bond acceptors (Lipinski definition) is 3.